The average molecular weight is 322 g/mol. The maximum Gasteiger partial charge on any atom is 0.259 e. The fourth-order valence-electron chi connectivity index (χ4n) is 3.56. The van der Waals surface area contributed by atoms with E-state index in [-0.39, 0.29) is 18.3 Å². The number of carbonyl (C=O) groups excluding carboxylic acids is 1. The highest BCUT2D eigenvalue weighted by Gasteiger charge is 2.39. The zero-order valence-electron chi connectivity index (χ0n) is 12.5. The maximum absolute atomic E-state index is 13.0. The van der Waals surface area contributed by atoms with Gasteiger partial charge in [0.05, 0.1) is 6.20 Å². The van der Waals surface area contributed by atoms with E-state index in [4.69, 9.17) is 0 Å². The lowest BCUT2D eigenvalue weighted by atomic mass is 10.1. The molecule has 2 saturated heterocycles. The molecule has 1 amide bonds. The largest absolute Gasteiger partial charge is 0.331 e. The van der Waals surface area contributed by atoms with Crippen LogP contribution in [0.15, 0.2) is 18.5 Å². The summed E-state index contributed by atoms with van der Waals surface area (Å²) in [6, 6.07) is 2.57. The van der Waals surface area contributed by atoms with Crippen molar-refractivity contribution in [3.63, 3.8) is 0 Å². The second-order valence-corrected chi connectivity index (χ2v) is 5.99. The van der Waals surface area contributed by atoms with Gasteiger partial charge in [0, 0.05) is 30.5 Å². The van der Waals surface area contributed by atoms with Crippen LogP contribution in [0.1, 0.15) is 35.3 Å². The Balaban J connectivity index is 0.00000144. The van der Waals surface area contributed by atoms with Gasteiger partial charge in [0.25, 0.3) is 5.91 Å². The Morgan fingerprint density at radius 3 is 3.00 bits per heavy atom. The first kappa shape index (κ1) is 15.2. The highest BCUT2D eigenvalue weighted by Crippen LogP contribution is 2.30. The minimum atomic E-state index is 0. The van der Waals surface area contributed by atoms with Crippen LogP contribution in [0.2, 0.25) is 0 Å². The Kier molecular flexibility index (Phi) is 4.06. The molecule has 118 valence electrons. The fraction of sp³-hybridized carbons (Fsp3) is 0.533. The molecule has 0 spiro atoms. The van der Waals surface area contributed by atoms with E-state index in [0.717, 1.165) is 38.0 Å². The fourth-order valence-corrected chi connectivity index (χ4v) is 3.56. The number of aromatic nitrogens is 3. The van der Waals surface area contributed by atoms with E-state index >= 15 is 0 Å². The molecule has 0 aliphatic carbocycles. The molecule has 2 fully saturated rings. The molecule has 0 saturated carbocycles. The van der Waals surface area contributed by atoms with Crippen molar-refractivity contribution in [2.75, 3.05) is 13.1 Å². The van der Waals surface area contributed by atoms with E-state index in [0.29, 0.717) is 23.3 Å². The molecule has 2 aliphatic heterocycles. The summed E-state index contributed by atoms with van der Waals surface area (Å²) in [6.07, 6.45) is 6.75. The van der Waals surface area contributed by atoms with E-state index in [1.54, 1.807) is 10.7 Å². The summed E-state index contributed by atoms with van der Waals surface area (Å²) in [4.78, 5) is 19.6. The molecular weight excluding hydrogens is 302 g/mol. The number of rotatable bonds is 1. The van der Waals surface area contributed by atoms with Gasteiger partial charge in [-0.2, -0.15) is 5.10 Å². The molecule has 0 radical (unpaired) electrons. The second kappa shape index (κ2) is 5.85. The molecule has 22 heavy (non-hydrogen) atoms. The third-order valence-corrected chi connectivity index (χ3v) is 4.63. The molecule has 2 bridgehead atoms. The van der Waals surface area contributed by atoms with Crippen LogP contribution in [0, 0.1) is 6.92 Å². The van der Waals surface area contributed by atoms with Gasteiger partial charge >= 0.3 is 0 Å². The Morgan fingerprint density at radius 2 is 2.14 bits per heavy atom. The van der Waals surface area contributed by atoms with Gasteiger partial charge in [-0.15, -0.1) is 12.4 Å². The minimum Gasteiger partial charge on any atom is -0.331 e. The summed E-state index contributed by atoms with van der Waals surface area (Å²) in [5.41, 5.74) is 2.19. The maximum atomic E-state index is 13.0. The molecule has 0 aromatic carbocycles. The van der Waals surface area contributed by atoms with Crippen LogP contribution in [0.5, 0.6) is 0 Å². The first-order valence-electron chi connectivity index (χ1n) is 7.58. The van der Waals surface area contributed by atoms with Crippen LogP contribution in [-0.4, -0.2) is 50.6 Å². The second-order valence-electron chi connectivity index (χ2n) is 5.99. The van der Waals surface area contributed by atoms with Crippen molar-refractivity contribution in [1.29, 1.82) is 0 Å². The number of aryl methyl sites for hydroxylation is 1. The molecule has 2 aliphatic rings. The molecule has 4 rings (SSSR count). The number of fused-ring (bicyclic) bond motifs is 3. The number of carbonyl (C=O) groups is 1. The lowest BCUT2D eigenvalue weighted by Gasteiger charge is -2.27. The van der Waals surface area contributed by atoms with E-state index in [1.165, 1.54) is 0 Å². The SMILES string of the molecule is Cc1ccn2ncc(C(=O)N3C4CCNCC3CC4)c2n1.Cl. The zero-order valence-corrected chi connectivity index (χ0v) is 13.3. The quantitative estimate of drug-likeness (QED) is 0.863. The number of hydrogen-bond donors (Lipinski definition) is 1. The summed E-state index contributed by atoms with van der Waals surface area (Å²) in [7, 11) is 0. The van der Waals surface area contributed by atoms with Crippen LogP contribution in [0.25, 0.3) is 5.65 Å². The highest BCUT2D eigenvalue weighted by molar-refractivity contribution is 6.00. The van der Waals surface area contributed by atoms with Crippen molar-refractivity contribution in [2.45, 2.75) is 38.3 Å². The smallest absolute Gasteiger partial charge is 0.259 e. The average Bonchev–Trinajstić information content (AvgIpc) is 2.97. The van der Waals surface area contributed by atoms with Gasteiger partial charge in [0.1, 0.15) is 5.56 Å². The summed E-state index contributed by atoms with van der Waals surface area (Å²) in [5, 5.41) is 7.69. The van der Waals surface area contributed by atoms with Gasteiger partial charge in [-0.1, -0.05) is 0 Å². The number of halogens is 1. The molecule has 2 aromatic heterocycles. The molecule has 4 heterocycles. The lowest BCUT2D eigenvalue weighted by molar-refractivity contribution is 0.0682. The van der Waals surface area contributed by atoms with Gasteiger partial charge < -0.3 is 10.2 Å². The van der Waals surface area contributed by atoms with Crippen LogP contribution in [0.4, 0.5) is 0 Å². The number of nitrogens with zero attached hydrogens (tertiary/aromatic N) is 4. The Hall–Kier alpha value is -1.66. The normalized spacial score (nSPS) is 24.1. The molecule has 1 N–H and O–H groups in total. The monoisotopic (exact) mass is 321 g/mol. The highest BCUT2D eigenvalue weighted by atomic mass is 35.5. The van der Waals surface area contributed by atoms with E-state index in [9.17, 15) is 4.79 Å². The van der Waals surface area contributed by atoms with E-state index in [2.05, 4.69) is 20.3 Å². The van der Waals surface area contributed by atoms with Gasteiger partial charge in [0.2, 0.25) is 0 Å². The topological polar surface area (TPSA) is 62.5 Å². The van der Waals surface area contributed by atoms with Crippen LogP contribution in [-0.2, 0) is 0 Å². The van der Waals surface area contributed by atoms with Gasteiger partial charge in [-0.25, -0.2) is 9.50 Å². The third kappa shape index (κ3) is 2.36. The Morgan fingerprint density at radius 1 is 1.32 bits per heavy atom. The van der Waals surface area contributed by atoms with Crippen LogP contribution < -0.4 is 5.32 Å². The van der Waals surface area contributed by atoms with Crippen molar-refractivity contribution < 1.29 is 4.79 Å². The Labute approximate surface area is 135 Å². The van der Waals surface area contributed by atoms with Crippen molar-refractivity contribution in [3.8, 4) is 0 Å². The summed E-state index contributed by atoms with van der Waals surface area (Å²) in [5.74, 6) is 0.0827. The number of hydrogen-bond acceptors (Lipinski definition) is 4. The number of nitrogens with one attached hydrogen (secondary N) is 1. The summed E-state index contributed by atoms with van der Waals surface area (Å²) >= 11 is 0. The minimum absolute atomic E-state index is 0. The first-order chi connectivity index (χ1) is 10.2. The molecule has 7 heteroatoms. The lowest BCUT2D eigenvalue weighted by Crippen LogP contribution is -2.42. The van der Waals surface area contributed by atoms with Gasteiger partial charge in [0.15, 0.2) is 5.65 Å². The third-order valence-electron chi connectivity index (χ3n) is 4.63. The molecular formula is C15H20ClN5O. The van der Waals surface area contributed by atoms with Crippen LogP contribution >= 0.6 is 12.4 Å². The van der Waals surface area contributed by atoms with Gasteiger partial charge in [-0.05, 0) is 38.8 Å². The zero-order chi connectivity index (χ0) is 14.4. The van der Waals surface area contributed by atoms with E-state index in [1.807, 2.05) is 19.2 Å². The van der Waals surface area contributed by atoms with Gasteiger partial charge in [-0.3, -0.25) is 4.79 Å². The summed E-state index contributed by atoms with van der Waals surface area (Å²) < 4.78 is 1.68. The Bertz CT molecular complexity index is 686. The number of amides is 1. The predicted molar refractivity (Wildman–Crippen MR) is 85.4 cm³/mol. The predicted octanol–water partition coefficient (Wildman–Crippen LogP) is 1.43. The van der Waals surface area contributed by atoms with Crippen molar-refractivity contribution in [1.82, 2.24) is 24.8 Å². The standard InChI is InChI=1S/C15H19N5O.ClH/c1-10-5-7-19-14(18-10)13(9-17-19)15(21)20-11-2-3-12(20)8-16-6-4-11;/h5,7,9,11-12,16H,2-4,6,8H2,1H3;1H. The molecule has 2 atom stereocenters. The molecule has 6 nitrogen and oxygen atoms in total. The molecule has 2 unspecified atom stereocenters. The van der Waals surface area contributed by atoms with Crippen molar-refractivity contribution in [3.05, 3.63) is 29.7 Å². The van der Waals surface area contributed by atoms with Crippen LogP contribution in [0.3, 0.4) is 0 Å². The van der Waals surface area contributed by atoms with E-state index < -0.39 is 0 Å². The first-order valence-corrected chi connectivity index (χ1v) is 7.58. The molecule has 2 aromatic rings. The van der Waals surface area contributed by atoms with Crippen molar-refractivity contribution >= 4 is 24.0 Å². The van der Waals surface area contributed by atoms with Crippen molar-refractivity contribution in [2.24, 2.45) is 0 Å². The summed E-state index contributed by atoms with van der Waals surface area (Å²) in [6.45, 7) is 3.83.